The summed E-state index contributed by atoms with van der Waals surface area (Å²) in [5, 5.41) is 0. The van der Waals surface area contributed by atoms with E-state index in [0.717, 1.165) is 37.0 Å². The van der Waals surface area contributed by atoms with Gasteiger partial charge in [-0.05, 0) is 84.1 Å². The lowest BCUT2D eigenvalue weighted by molar-refractivity contribution is -0.0500. The molecule has 3 saturated carbocycles. The van der Waals surface area contributed by atoms with Crippen LogP contribution in [0, 0.1) is 34.5 Å². The minimum Gasteiger partial charge on any atom is -0.501 e. The molecule has 0 N–H and O–H groups in total. The maximum atomic E-state index is 14.6. The first-order chi connectivity index (χ1) is 12.2. The van der Waals surface area contributed by atoms with Gasteiger partial charge in [0.2, 0.25) is 0 Å². The monoisotopic (exact) mass is 334 g/mol. The van der Waals surface area contributed by atoms with Gasteiger partial charge >= 0.3 is 0 Å². The van der Waals surface area contributed by atoms with Crippen molar-refractivity contribution in [2.24, 2.45) is 34.5 Å². The summed E-state index contributed by atoms with van der Waals surface area (Å²) in [6.45, 7) is 11.2. The molecule has 0 heterocycles. The van der Waals surface area contributed by atoms with Gasteiger partial charge in [-0.1, -0.05) is 27.4 Å². The van der Waals surface area contributed by atoms with Crippen LogP contribution in [0.25, 0.3) is 0 Å². The average molecular weight is 335 g/mol. The fourth-order valence-corrected chi connectivity index (χ4v) is 6.91. The van der Waals surface area contributed by atoms with Crippen molar-refractivity contribution in [3.05, 3.63) is 23.5 Å². The van der Waals surface area contributed by atoms with E-state index in [1.807, 2.05) is 0 Å². The highest BCUT2D eigenvalue weighted by Crippen LogP contribution is 2.68. The predicted octanol–water partition coefficient (Wildman–Crippen LogP) is 6.06. The summed E-state index contributed by atoms with van der Waals surface area (Å²) in [6.07, 6.45) is 2.48. The fourth-order valence-electron chi connectivity index (χ4n) is 6.91. The summed E-state index contributed by atoms with van der Waals surface area (Å²) in [5.41, 5.74) is 2.07. The van der Waals surface area contributed by atoms with E-state index in [1.54, 1.807) is 7.11 Å². The highest BCUT2D eigenvalue weighted by molar-refractivity contribution is 5.44. The number of rotatable bonds is 1. The summed E-state index contributed by atoms with van der Waals surface area (Å²) in [5.74, 6) is 2.22. The molecule has 0 radical (unpaired) electrons. The number of fused-ring (bicyclic) bond motifs is 5. The molecule has 2 heteroatoms. The lowest BCUT2D eigenvalue weighted by Gasteiger charge is -2.60. The zero-order valence-corrected chi connectivity index (χ0v) is 15.6. The SMILES string of the molecule is [2H]C1CC[C@@]2(C)C(=C1OC)C(=C)[C@@H](C)[C@@H]1[C@@H]2CC[C@]2(C)C([2H])[C@@H](F)C[C@@H]12. The summed E-state index contributed by atoms with van der Waals surface area (Å²) >= 11 is 0. The summed E-state index contributed by atoms with van der Waals surface area (Å²) in [4.78, 5) is 0. The Labute approximate surface area is 149 Å². The lowest BCUT2D eigenvalue weighted by atomic mass is 9.44. The van der Waals surface area contributed by atoms with Gasteiger partial charge in [0.1, 0.15) is 6.17 Å². The topological polar surface area (TPSA) is 9.23 Å². The molecule has 4 aliphatic rings. The van der Waals surface area contributed by atoms with Crippen molar-refractivity contribution in [1.82, 2.24) is 0 Å². The quantitative estimate of drug-likeness (QED) is 0.566. The van der Waals surface area contributed by atoms with Crippen LogP contribution in [-0.2, 0) is 4.74 Å². The van der Waals surface area contributed by atoms with Gasteiger partial charge in [0, 0.05) is 9.14 Å². The molecule has 4 rings (SSSR count). The number of hydrogen-bond donors (Lipinski definition) is 0. The Morgan fingerprint density at radius 3 is 2.75 bits per heavy atom. The molecule has 0 aliphatic heterocycles. The van der Waals surface area contributed by atoms with Crippen LogP contribution in [0.15, 0.2) is 23.5 Å². The van der Waals surface area contributed by atoms with Crippen LogP contribution in [0.1, 0.15) is 68.4 Å². The second-order valence-electron chi connectivity index (χ2n) is 9.17. The third-order valence-corrected chi connectivity index (χ3v) is 8.11. The summed E-state index contributed by atoms with van der Waals surface area (Å²) < 4.78 is 37.2. The van der Waals surface area contributed by atoms with Crippen LogP contribution in [-0.4, -0.2) is 13.3 Å². The van der Waals surface area contributed by atoms with Gasteiger partial charge in [-0.25, -0.2) is 4.39 Å². The van der Waals surface area contributed by atoms with Gasteiger partial charge in [-0.3, -0.25) is 0 Å². The Bertz CT molecular complexity index is 661. The molecule has 0 amide bonds. The molecule has 0 aromatic carbocycles. The fraction of sp³-hybridized carbons (Fsp3) is 0.818. The standard InChI is InChI=1S/C22H33FO/c1-13-14(2)20-18(24-5)7-6-9-22(20,4)16-8-10-21(3)12-15(23)11-17(21)19(13)16/h13,15-17,19H,2,6-12H2,1,3-5H3/t13-,15+,16+,17+,19-,21-,22-/m1/s1/i7D,12D/t7?,12?,13-,15+,16+,17+,19-,21-,22-. The predicted molar refractivity (Wildman–Crippen MR) is 96.2 cm³/mol. The van der Waals surface area contributed by atoms with Gasteiger partial charge in [0.05, 0.1) is 12.9 Å². The Kier molecular flexibility index (Phi) is 3.21. The molecule has 1 nitrogen and oxygen atoms in total. The normalized spacial score (nSPS) is 58.4. The first kappa shape index (κ1) is 14.4. The Morgan fingerprint density at radius 1 is 1.29 bits per heavy atom. The highest BCUT2D eigenvalue weighted by Gasteiger charge is 2.61. The van der Waals surface area contributed by atoms with Crippen LogP contribution in [0.5, 0.6) is 0 Å². The van der Waals surface area contributed by atoms with Gasteiger partial charge in [-0.15, -0.1) is 0 Å². The van der Waals surface area contributed by atoms with Crippen molar-refractivity contribution in [1.29, 1.82) is 0 Å². The first-order valence-electron chi connectivity index (χ1n) is 10.8. The van der Waals surface area contributed by atoms with E-state index >= 15 is 0 Å². The van der Waals surface area contributed by atoms with Crippen molar-refractivity contribution < 1.29 is 11.9 Å². The minimum atomic E-state index is -0.993. The number of methoxy groups -OCH3 is 1. The van der Waals surface area contributed by atoms with Gasteiger partial charge in [0.15, 0.2) is 0 Å². The van der Waals surface area contributed by atoms with Gasteiger partial charge < -0.3 is 4.74 Å². The zero-order valence-electron chi connectivity index (χ0n) is 17.6. The third kappa shape index (κ3) is 2.04. The van der Waals surface area contributed by atoms with E-state index in [0.29, 0.717) is 18.3 Å². The van der Waals surface area contributed by atoms with Gasteiger partial charge in [-0.2, -0.15) is 0 Å². The van der Waals surface area contributed by atoms with Crippen molar-refractivity contribution in [3.8, 4) is 0 Å². The maximum absolute atomic E-state index is 14.6. The third-order valence-electron chi connectivity index (χ3n) is 8.11. The first-order valence-corrected chi connectivity index (χ1v) is 9.63. The summed E-state index contributed by atoms with van der Waals surface area (Å²) in [6, 6.07) is 0. The molecule has 0 spiro atoms. The molecule has 2 unspecified atom stereocenters. The minimum absolute atomic E-state index is 0.0234. The van der Waals surface area contributed by atoms with Crippen molar-refractivity contribution in [2.45, 2.75) is 71.8 Å². The van der Waals surface area contributed by atoms with Crippen LogP contribution in [0.4, 0.5) is 4.39 Å². The second kappa shape index (κ2) is 5.35. The Balaban J connectivity index is 1.82. The van der Waals surface area contributed by atoms with Crippen molar-refractivity contribution in [3.63, 3.8) is 0 Å². The summed E-state index contributed by atoms with van der Waals surface area (Å²) in [7, 11) is 1.69. The molecule has 0 saturated heterocycles. The van der Waals surface area contributed by atoms with Crippen LogP contribution in [0.3, 0.4) is 0 Å². The van der Waals surface area contributed by atoms with Crippen molar-refractivity contribution >= 4 is 0 Å². The zero-order chi connectivity index (χ0) is 19.0. The molecule has 134 valence electrons. The number of halogens is 1. The van der Waals surface area contributed by atoms with E-state index in [2.05, 4.69) is 27.4 Å². The van der Waals surface area contributed by atoms with Crippen LogP contribution < -0.4 is 0 Å². The van der Waals surface area contributed by atoms with E-state index < -0.39 is 12.6 Å². The number of allylic oxidation sites excluding steroid dienone is 3. The Morgan fingerprint density at radius 2 is 2.04 bits per heavy atom. The molecule has 0 aromatic rings. The molecule has 4 aliphatic carbocycles. The second-order valence-corrected chi connectivity index (χ2v) is 9.17. The molecular weight excluding hydrogens is 299 g/mol. The highest BCUT2D eigenvalue weighted by atomic mass is 19.1. The number of ether oxygens (including phenoxy) is 1. The largest absolute Gasteiger partial charge is 0.501 e. The smallest absolute Gasteiger partial charge is 0.101 e. The van der Waals surface area contributed by atoms with Crippen LogP contribution in [0.2, 0.25) is 0 Å². The molecular formula is C22H33FO. The van der Waals surface area contributed by atoms with Crippen molar-refractivity contribution in [2.75, 3.05) is 7.11 Å². The number of alkyl halides is 1. The molecule has 9 atom stereocenters. The van der Waals surface area contributed by atoms with E-state index in [-0.39, 0.29) is 29.1 Å². The maximum Gasteiger partial charge on any atom is 0.101 e. The number of hydrogen-bond acceptors (Lipinski definition) is 1. The van der Waals surface area contributed by atoms with Crippen LogP contribution >= 0.6 is 0 Å². The van der Waals surface area contributed by atoms with E-state index in [4.69, 9.17) is 7.48 Å². The Hall–Kier alpha value is -0.790. The van der Waals surface area contributed by atoms with Gasteiger partial charge in [0.25, 0.3) is 0 Å². The lowest BCUT2D eigenvalue weighted by Crippen LogP contribution is -2.52. The molecule has 3 fully saturated rings. The van der Waals surface area contributed by atoms with E-state index in [9.17, 15) is 4.39 Å². The molecule has 24 heavy (non-hydrogen) atoms. The van der Waals surface area contributed by atoms with E-state index in [1.165, 1.54) is 5.57 Å². The average Bonchev–Trinajstić information content (AvgIpc) is 2.84. The molecule has 0 aromatic heterocycles. The molecule has 0 bridgehead atoms.